The average Bonchev–Trinajstić information content (AvgIpc) is 3.26. The van der Waals surface area contributed by atoms with Gasteiger partial charge in [0.1, 0.15) is 29.7 Å². The Hall–Kier alpha value is -3.02. The molecule has 2 aliphatic rings. The third-order valence-electron chi connectivity index (χ3n) is 7.67. The summed E-state index contributed by atoms with van der Waals surface area (Å²) in [6.07, 6.45) is -0.194. The van der Waals surface area contributed by atoms with Crippen LogP contribution in [0.5, 0.6) is 5.75 Å². The van der Waals surface area contributed by atoms with Crippen LogP contribution in [0, 0.1) is 11.6 Å². The number of rotatable bonds is 15. The van der Waals surface area contributed by atoms with Crippen molar-refractivity contribution in [1.29, 1.82) is 0 Å². The van der Waals surface area contributed by atoms with Crippen LogP contribution in [0.4, 0.5) is 22.0 Å². The molecule has 0 saturated heterocycles. The lowest BCUT2D eigenvalue weighted by Gasteiger charge is -2.44. The third kappa shape index (κ3) is 8.55. The number of hydrogen-bond donors (Lipinski definition) is 1. The molecule has 0 saturated carbocycles. The molecule has 1 aliphatic carbocycles. The van der Waals surface area contributed by atoms with Crippen molar-refractivity contribution in [2.24, 2.45) is 0 Å². The summed E-state index contributed by atoms with van der Waals surface area (Å²) in [5, 5.41) is 8.48. The fourth-order valence-corrected chi connectivity index (χ4v) is 5.79. The minimum atomic E-state index is -3.16. The first-order chi connectivity index (χ1) is 20.3. The molecule has 0 amide bonds. The molecule has 0 radical (unpaired) electrons. The van der Waals surface area contributed by atoms with Crippen molar-refractivity contribution in [3.63, 3.8) is 0 Å². The van der Waals surface area contributed by atoms with E-state index >= 15 is 8.78 Å². The SMILES string of the molecule is C[C@@H]1CC2=C(Cc3ccccc32)[C@@H](c2c(F)cc(OCCC(F)(F)CCOCCOCC(=O)O)cc2F)N1CC(C)(C)F. The predicted molar refractivity (Wildman–Crippen MR) is 151 cm³/mol. The minimum Gasteiger partial charge on any atom is -0.493 e. The minimum absolute atomic E-state index is 0.0305. The molecule has 2 aromatic carbocycles. The molecule has 1 aliphatic heterocycles. The quantitative estimate of drug-likeness (QED) is 0.177. The smallest absolute Gasteiger partial charge is 0.329 e. The molecule has 11 heteroatoms. The molecule has 1 heterocycles. The summed E-state index contributed by atoms with van der Waals surface area (Å²) in [4.78, 5) is 12.2. The monoisotopic (exact) mass is 611 g/mol. The summed E-state index contributed by atoms with van der Waals surface area (Å²) in [6, 6.07) is 8.79. The standard InChI is InChI=1S/C32H38F5NO5/c1-20-14-24-23-7-5-4-6-21(23)15-25(24)30(38(20)19-31(2,3)35)29-26(33)16-22(17-27(29)34)43-11-9-32(36,37)8-10-41-12-13-42-18-28(39)40/h4-7,16-17,20,30H,8-15,18-19H2,1-3H3,(H,39,40)/t20-,30+/m1/s1. The van der Waals surface area contributed by atoms with Crippen LogP contribution in [0.15, 0.2) is 42.0 Å². The van der Waals surface area contributed by atoms with Gasteiger partial charge in [0, 0.05) is 43.1 Å². The Balaban J connectivity index is 1.44. The molecule has 0 unspecified atom stereocenters. The highest BCUT2D eigenvalue weighted by molar-refractivity contribution is 5.79. The highest BCUT2D eigenvalue weighted by Crippen LogP contribution is 2.50. The number of hydrogen-bond acceptors (Lipinski definition) is 5. The summed E-state index contributed by atoms with van der Waals surface area (Å²) in [5.74, 6) is -6.28. The number of alkyl halides is 3. The molecule has 2 atom stereocenters. The highest BCUT2D eigenvalue weighted by atomic mass is 19.3. The van der Waals surface area contributed by atoms with Gasteiger partial charge in [-0.15, -0.1) is 0 Å². The van der Waals surface area contributed by atoms with Gasteiger partial charge in [-0.2, -0.15) is 0 Å². The van der Waals surface area contributed by atoms with Gasteiger partial charge in [-0.25, -0.2) is 26.7 Å². The van der Waals surface area contributed by atoms with E-state index < -0.39 is 61.3 Å². The maximum atomic E-state index is 15.7. The van der Waals surface area contributed by atoms with Crippen molar-refractivity contribution >= 4 is 11.5 Å². The molecule has 6 nitrogen and oxygen atoms in total. The van der Waals surface area contributed by atoms with Crippen LogP contribution < -0.4 is 4.74 Å². The molecule has 4 rings (SSSR count). The van der Waals surface area contributed by atoms with Gasteiger partial charge in [0.25, 0.3) is 5.92 Å². The Kier molecular flexibility index (Phi) is 10.5. The third-order valence-corrected chi connectivity index (χ3v) is 7.67. The molecule has 43 heavy (non-hydrogen) atoms. The second-order valence-electron chi connectivity index (χ2n) is 11.7. The molecular weight excluding hydrogens is 573 g/mol. The van der Waals surface area contributed by atoms with Gasteiger partial charge in [-0.1, -0.05) is 24.3 Å². The van der Waals surface area contributed by atoms with Crippen LogP contribution in [0.1, 0.15) is 62.8 Å². The van der Waals surface area contributed by atoms with E-state index in [1.807, 2.05) is 36.1 Å². The van der Waals surface area contributed by atoms with Gasteiger partial charge < -0.3 is 19.3 Å². The van der Waals surface area contributed by atoms with E-state index in [0.717, 1.165) is 34.4 Å². The molecule has 0 fully saturated rings. The summed E-state index contributed by atoms with van der Waals surface area (Å²) < 4.78 is 90.1. The van der Waals surface area contributed by atoms with Gasteiger partial charge in [0.2, 0.25) is 0 Å². The number of carboxylic acids is 1. The highest BCUT2D eigenvalue weighted by Gasteiger charge is 2.43. The number of ether oxygens (including phenoxy) is 3. The van der Waals surface area contributed by atoms with Gasteiger partial charge in [0.15, 0.2) is 0 Å². The van der Waals surface area contributed by atoms with Crippen molar-refractivity contribution < 1.29 is 46.1 Å². The number of aliphatic carboxylic acids is 1. The van der Waals surface area contributed by atoms with Gasteiger partial charge in [0.05, 0.1) is 32.5 Å². The van der Waals surface area contributed by atoms with Crippen molar-refractivity contribution in [3.05, 3.63) is 70.3 Å². The lowest BCUT2D eigenvalue weighted by molar-refractivity contribution is -0.142. The maximum absolute atomic E-state index is 15.7. The number of carboxylic acid groups (broad SMARTS) is 1. The molecule has 2 aromatic rings. The number of benzene rings is 2. The Morgan fingerprint density at radius 1 is 1.00 bits per heavy atom. The zero-order valence-electron chi connectivity index (χ0n) is 24.6. The summed E-state index contributed by atoms with van der Waals surface area (Å²) in [7, 11) is 0. The predicted octanol–water partition coefficient (Wildman–Crippen LogP) is 6.77. The lowest BCUT2D eigenvalue weighted by atomic mass is 9.84. The Bertz CT molecular complexity index is 1300. The fraction of sp³-hybridized carbons (Fsp3) is 0.531. The van der Waals surface area contributed by atoms with Crippen molar-refractivity contribution in [2.75, 3.05) is 39.6 Å². The van der Waals surface area contributed by atoms with E-state index in [-0.39, 0.29) is 43.7 Å². The first-order valence-corrected chi connectivity index (χ1v) is 14.4. The second-order valence-corrected chi connectivity index (χ2v) is 11.7. The van der Waals surface area contributed by atoms with E-state index in [9.17, 15) is 18.0 Å². The zero-order chi connectivity index (χ0) is 31.4. The largest absolute Gasteiger partial charge is 0.493 e. The van der Waals surface area contributed by atoms with Gasteiger partial charge in [-0.3, -0.25) is 4.90 Å². The molecule has 1 N–H and O–H groups in total. The van der Waals surface area contributed by atoms with Crippen molar-refractivity contribution in [1.82, 2.24) is 4.90 Å². The number of nitrogens with zero attached hydrogens (tertiary/aromatic N) is 1. The lowest BCUT2D eigenvalue weighted by Crippen LogP contribution is -2.47. The Morgan fingerprint density at radius 2 is 1.65 bits per heavy atom. The molecule has 0 aromatic heterocycles. The maximum Gasteiger partial charge on any atom is 0.329 e. The van der Waals surface area contributed by atoms with E-state index in [4.69, 9.17) is 19.3 Å². The van der Waals surface area contributed by atoms with Crippen molar-refractivity contribution in [2.45, 2.75) is 70.1 Å². The van der Waals surface area contributed by atoms with Crippen LogP contribution in [0.2, 0.25) is 0 Å². The van der Waals surface area contributed by atoms with Gasteiger partial charge >= 0.3 is 5.97 Å². The number of carbonyl (C=O) groups is 1. The Morgan fingerprint density at radius 3 is 2.33 bits per heavy atom. The molecular formula is C32H38F5NO5. The topological polar surface area (TPSA) is 68.2 Å². The van der Waals surface area contributed by atoms with Crippen LogP contribution in [0.25, 0.3) is 5.57 Å². The fourth-order valence-electron chi connectivity index (χ4n) is 5.79. The van der Waals surface area contributed by atoms with E-state index in [2.05, 4.69) is 0 Å². The zero-order valence-corrected chi connectivity index (χ0v) is 24.6. The molecule has 236 valence electrons. The number of fused-ring (bicyclic) bond motifs is 2. The van der Waals surface area contributed by atoms with Gasteiger partial charge in [-0.05, 0) is 55.9 Å². The van der Waals surface area contributed by atoms with E-state index in [0.29, 0.717) is 12.8 Å². The van der Waals surface area contributed by atoms with Crippen LogP contribution >= 0.6 is 0 Å². The summed E-state index contributed by atoms with van der Waals surface area (Å²) in [5.41, 5.74) is 2.15. The average molecular weight is 612 g/mol. The van der Waals surface area contributed by atoms with E-state index in [1.54, 1.807) is 0 Å². The van der Waals surface area contributed by atoms with Crippen LogP contribution in [0.3, 0.4) is 0 Å². The second kappa shape index (κ2) is 13.7. The van der Waals surface area contributed by atoms with E-state index in [1.165, 1.54) is 13.8 Å². The van der Waals surface area contributed by atoms with Crippen LogP contribution in [-0.2, 0) is 20.7 Å². The first-order valence-electron chi connectivity index (χ1n) is 14.4. The normalized spacial score (nSPS) is 19.0. The first kappa shape index (κ1) is 32.9. The summed E-state index contributed by atoms with van der Waals surface area (Å²) >= 11 is 0. The molecule has 0 spiro atoms. The van der Waals surface area contributed by atoms with Crippen molar-refractivity contribution in [3.8, 4) is 5.75 Å². The summed E-state index contributed by atoms with van der Waals surface area (Å²) in [6.45, 7) is 3.43. The Labute approximate surface area is 248 Å². The van der Waals surface area contributed by atoms with Crippen LogP contribution in [-0.4, -0.2) is 73.2 Å². The number of halogens is 5. The molecule has 0 bridgehead atoms.